The zero-order valence-electron chi connectivity index (χ0n) is 9.43. The van der Waals surface area contributed by atoms with Crippen molar-refractivity contribution in [1.29, 1.82) is 0 Å². The van der Waals surface area contributed by atoms with Crippen LogP contribution in [0.15, 0.2) is 0 Å². The average molecular weight is 202 g/mol. The van der Waals surface area contributed by atoms with Crippen molar-refractivity contribution in [2.45, 2.75) is 39.5 Å². The lowest BCUT2D eigenvalue weighted by molar-refractivity contribution is 0.107. The number of unbranched alkanes of at least 4 members (excludes halogenated alkanes) is 1. The Bertz CT molecular complexity index is 151. The average Bonchev–Trinajstić information content (AvgIpc) is 2.19. The van der Waals surface area contributed by atoms with Crippen molar-refractivity contribution in [2.24, 2.45) is 5.92 Å². The van der Waals surface area contributed by atoms with E-state index in [1.54, 1.807) is 0 Å². The van der Waals surface area contributed by atoms with E-state index in [4.69, 9.17) is 0 Å². The molecule has 0 spiro atoms. The lowest BCUT2D eigenvalue weighted by Crippen LogP contribution is -2.37. The van der Waals surface area contributed by atoms with E-state index in [2.05, 4.69) is 29.5 Å². The number of nitrogens with one attached hydrogen (secondary N) is 2. The highest BCUT2D eigenvalue weighted by molar-refractivity contribution is 5.72. The zero-order chi connectivity index (χ0) is 10.8. The quantitative estimate of drug-likeness (QED) is 0.621. The summed E-state index contributed by atoms with van der Waals surface area (Å²) in [5.74, 6) is 0.581. The van der Waals surface area contributed by atoms with Gasteiger partial charge < -0.3 is 5.32 Å². The predicted molar refractivity (Wildman–Crippen MR) is 56.8 cm³/mol. The third-order valence-electron chi connectivity index (χ3n) is 2.29. The summed E-state index contributed by atoms with van der Waals surface area (Å²) in [6.45, 7) is 5.06. The predicted octanol–water partition coefficient (Wildman–Crippen LogP) is 2.06. The topological polar surface area (TPSA) is 50.4 Å². The maximum Gasteiger partial charge on any atom is 0.338 e. The minimum atomic E-state index is -0.262. The molecule has 0 saturated heterocycles. The molecule has 4 nitrogen and oxygen atoms in total. The van der Waals surface area contributed by atoms with Crippen LogP contribution in [0.5, 0.6) is 0 Å². The Kier molecular flexibility index (Phi) is 8.33. The van der Waals surface area contributed by atoms with E-state index in [9.17, 15) is 4.79 Å². The molecule has 1 atom stereocenters. The van der Waals surface area contributed by atoms with E-state index in [1.165, 1.54) is 26.4 Å². The van der Waals surface area contributed by atoms with Crippen LogP contribution < -0.4 is 10.8 Å². The smallest absolute Gasteiger partial charge is 0.336 e. The number of hydrogen-bond donors (Lipinski definition) is 2. The van der Waals surface area contributed by atoms with E-state index >= 15 is 0 Å². The van der Waals surface area contributed by atoms with Gasteiger partial charge in [0.1, 0.15) is 0 Å². The molecule has 1 unspecified atom stereocenters. The van der Waals surface area contributed by atoms with Gasteiger partial charge in [0.15, 0.2) is 0 Å². The number of urea groups is 1. The van der Waals surface area contributed by atoms with E-state index in [1.807, 2.05) is 0 Å². The number of hydrogen-bond acceptors (Lipinski definition) is 2. The molecule has 0 aromatic heterocycles. The molecule has 14 heavy (non-hydrogen) atoms. The van der Waals surface area contributed by atoms with Crippen LogP contribution in [-0.2, 0) is 4.84 Å². The van der Waals surface area contributed by atoms with Gasteiger partial charge in [0.2, 0.25) is 0 Å². The summed E-state index contributed by atoms with van der Waals surface area (Å²) in [6.07, 6.45) is 4.72. The Labute approximate surface area is 86.4 Å². The fourth-order valence-corrected chi connectivity index (χ4v) is 1.31. The van der Waals surface area contributed by atoms with Gasteiger partial charge in [-0.1, -0.05) is 33.1 Å². The first-order valence-electron chi connectivity index (χ1n) is 5.31. The van der Waals surface area contributed by atoms with Gasteiger partial charge in [-0.05, 0) is 12.3 Å². The van der Waals surface area contributed by atoms with Crippen LogP contribution >= 0.6 is 0 Å². The van der Waals surface area contributed by atoms with Crippen molar-refractivity contribution < 1.29 is 9.63 Å². The molecule has 4 heteroatoms. The van der Waals surface area contributed by atoms with Crippen LogP contribution in [0.4, 0.5) is 4.79 Å². The molecule has 0 saturated carbocycles. The van der Waals surface area contributed by atoms with Crippen molar-refractivity contribution in [2.75, 3.05) is 13.7 Å². The Hall–Kier alpha value is -0.770. The van der Waals surface area contributed by atoms with Crippen LogP contribution in [0.1, 0.15) is 39.5 Å². The van der Waals surface area contributed by atoms with Gasteiger partial charge in [-0.2, -0.15) is 0 Å². The first-order chi connectivity index (χ1) is 6.74. The number of amides is 2. The minimum Gasteiger partial charge on any atom is -0.336 e. The van der Waals surface area contributed by atoms with Gasteiger partial charge in [0.25, 0.3) is 0 Å². The maximum atomic E-state index is 11.0. The second-order valence-electron chi connectivity index (χ2n) is 3.43. The van der Waals surface area contributed by atoms with Crippen LogP contribution in [0.3, 0.4) is 0 Å². The molecule has 0 aromatic rings. The summed E-state index contributed by atoms with van der Waals surface area (Å²) in [4.78, 5) is 15.5. The standard InChI is InChI=1S/C10H22N2O2/c1-4-6-7-9(5-2)8-11-10(13)12-14-3/h9H,4-8H2,1-3H3,(H2,11,12,13). The van der Waals surface area contributed by atoms with E-state index in [-0.39, 0.29) is 6.03 Å². The molecule has 0 bridgehead atoms. The molecule has 0 radical (unpaired) electrons. The molecule has 2 amide bonds. The maximum absolute atomic E-state index is 11.0. The van der Waals surface area contributed by atoms with Gasteiger partial charge in [0.05, 0.1) is 7.11 Å². The van der Waals surface area contributed by atoms with E-state index < -0.39 is 0 Å². The van der Waals surface area contributed by atoms with E-state index in [0.717, 1.165) is 13.0 Å². The largest absolute Gasteiger partial charge is 0.338 e. The van der Waals surface area contributed by atoms with Crippen LogP contribution in [0.25, 0.3) is 0 Å². The Morgan fingerprint density at radius 2 is 2.14 bits per heavy atom. The Balaban J connectivity index is 3.55. The Morgan fingerprint density at radius 3 is 2.64 bits per heavy atom. The normalized spacial score (nSPS) is 12.2. The molecule has 0 aliphatic rings. The second-order valence-corrected chi connectivity index (χ2v) is 3.43. The molecule has 84 valence electrons. The SMILES string of the molecule is CCCCC(CC)CNC(=O)NOC. The highest BCUT2D eigenvalue weighted by atomic mass is 16.6. The van der Waals surface area contributed by atoms with Gasteiger partial charge in [0, 0.05) is 6.54 Å². The summed E-state index contributed by atoms with van der Waals surface area (Å²) in [6, 6.07) is -0.262. The zero-order valence-corrected chi connectivity index (χ0v) is 9.43. The summed E-state index contributed by atoms with van der Waals surface area (Å²) < 4.78 is 0. The summed E-state index contributed by atoms with van der Waals surface area (Å²) >= 11 is 0. The first-order valence-corrected chi connectivity index (χ1v) is 5.31. The van der Waals surface area contributed by atoms with Crippen molar-refractivity contribution >= 4 is 6.03 Å². The second kappa shape index (κ2) is 8.81. The van der Waals surface area contributed by atoms with E-state index in [0.29, 0.717) is 5.92 Å². The fourth-order valence-electron chi connectivity index (χ4n) is 1.31. The lowest BCUT2D eigenvalue weighted by atomic mass is 9.99. The highest BCUT2D eigenvalue weighted by Crippen LogP contribution is 2.10. The molecule has 2 N–H and O–H groups in total. The van der Waals surface area contributed by atoms with Gasteiger partial charge in [-0.25, -0.2) is 10.3 Å². The summed E-state index contributed by atoms with van der Waals surface area (Å²) in [5.41, 5.74) is 2.23. The van der Waals surface area contributed by atoms with Gasteiger partial charge in [-0.15, -0.1) is 0 Å². The molecule has 0 aliphatic heterocycles. The first kappa shape index (κ1) is 13.2. The monoisotopic (exact) mass is 202 g/mol. The Morgan fingerprint density at radius 1 is 1.43 bits per heavy atom. The molecule has 0 heterocycles. The molecule has 0 aromatic carbocycles. The van der Waals surface area contributed by atoms with Gasteiger partial charge in [-0.3, -0.25) is 4.84 Å². The molecule has 0 aliphatic carbocycles. The third-order valence-corrected chi connectivity index (χ3v) is 2.29. The molecular formula is C10H22N2O2. The van der Waals surface area contributed by atoms with Crippen molar-refractivity contribution in [1.82, 2.24) is 10.8 Å². The molecular weight excluding hydrogens is 180 g/mol. The minimum absolute atomic E-state index is 0.262. The summed E-state index contributed by atoms with van der Waals surface area (Å²) in [7, 11) is 1.42. The highest BCUT2D eigenvalue weighted by Gasteiger charge is 2.07. The fraction of sp³-hybridized carbons (Fsp3) is 0.900. The number of carbonyl (C=O) groups is 1. The molecule has 0 rings (SSSR count). The molecule has 0 fully saturated rings. The van der Waals surface area contributed by atoms with Crippen LogP contribution in [-0.4, -0.2) is 19.7 Å². The number of carbonyl (C=O) groups excluding carboxylic acids is 1. The number of hydroxylamine groups is 1. The van der Waals surface area contributed by atoms with Crippen LogP contribution in [0.2, 0.25) is 0 Å². The van der Waals surface area contributed by atoms with Gasteiger partial charge >= 0.3 is 6.03 Å². The third kappa shape index (κ3) is 6.71. The number of rotatable bonds is 7. The van der Waals surface area contributed by atoms with Crippen molar-refractivity contribution in [3.63, 3.8) is 0 Å². The summed E-state index contributed by atoms with van der Waals surface area (Å²) in [5, 5.41) is 2.77. The van der Waals surface area contributed by atoms with Crippen LogP contribution in [0, 0.1) is 5.92 Å². The van der Waals surface area contributed by atoms with Crippen molar-refractivity contribution in [3.05, 3.63) is 0 Å². The van der Waals surface area contributed by atoms with Crippen molar-refractivity contribution in [3.8, 4) is 0 Å². The lowest BCUT2D eigenvalue weighted by Gasteiger charge is -2.14.